The van der Waals surface area contributed by atoms with Crippen molar-refractivity contribution in [2.45, 2.75) is 44.0 Å². The summed E-state index contributed by atoms with van der Waals surface area (Å²) in [6.07, 6.45) is 5.61. The van der Waals surface area contributed by atoms with E-state index in [9.17, 15) is 4.79 Å². The van der Waals surface area contributed by atoms with E-state index in [2.05, 4.69) is 0 Å². The zero-order chi connectivity index (χ0) is 8.44. The van der Waals surface area contributed by atoms with Gasteiger partial charge in [-0.15, -0.1) is 0 Å². The van der Waals surface area contributed by atoms with Crippen molar-refractivity contribution in [1.29, 1.82) is 0 Å². The lowest BCUT2D eigenvalue weighted by Gasteiger charge is -2.32. The van der Waals surface area contributed by atoms with Gasteiger partial charge in [0.25, 0.3) is 0 Å². The molecule has 2 rings (SSSR count). The van der Waals surface area contributed by atoms with Crippen LogP contribution in [-0.4, -0.2) is 24.8 Å². The van der Waals surface area contributed by atoms with Crippen LogP contribution in [0.5, 0.6) is 0 Å². The maximum Gasteiger partial charge on any atom is 0.169 e. The molecule has 0 bridgehead atoms. The Morgan fingerprint density at radius 2 is 2.25 bits per heavy atom. The molecule has 0 N–H and O–H groups in total. The summed E-state index contributed by atoms with van der Waals surface area (Å²) >= 11 is 0. The Hall–Kier alpha value is -0.410. The van der Waals surface area contributed by atoms with Crippen LogP contribution in [0.2, 0.25) is 0 Å². The van der Waals surface area contributed by atoms with Crippen LogP contribution in [0, 0.1) is 0 Å². The smallest absolute Gasteiger partial charge is 0.169 e. The van der Waals surface area contributed by atoms with Gasteiger partial charge in [-0.1, -0.05) is 0 Å². The summed E-state index contributed by atoms with van der Waals surface area (Å²) in [7, 11) is 0. The molecule has 2 fully saturated rings. The van der Waals surface area contributed by atoms with Gasteiger partial charge < -0.3 is 14.3 Å². The van der Waals surface area contributed by atoms with Gasteiger partial charge in [-0.2, -0.15) is 0 Å². The van der Waals surface area contributed by atoms with E-state index in [1.807, 2.05) is 0 Å². The number of carbonyl (C=O) groups excluding carboxylic acids is 1. The number of rotatable bonds is 1. The molecule has 0 amide bonds. The molecule has 2 atom stereocenters. The molecule has 0 aromatic heterocycles. The number of ether oxygens (including phenoxy) is 2. The van der Waals surface area contributed by atoms with Crippen LogP contribution in [0.15, 0.2) is 0 Å². The first-order chi connectivity index (χ1) is 5.85. The Balaban J connectivity index is 1.98. The average Bonchev–Trinajstić information content (AvgIpc) is 2.50. The molecule has 2 aliphatic rings. The van der Waals surface area contributed by atoms with Gasteiger partial charge in [-0.3, -0.25) is 0 Å². The normalized spacial score (nSPS) is 41.8. The predicted molar refractivity (Wildman–Crippen MR) is 42.7 cm³/mol. The van der Waals surface area contributed by atoms with E-state index in [1.54, 1.807) is 0 Å². The second-order valence-corrected chi connectivity index (χ2v) is 3.55. The monoisotopic (exact) mass is 170 g/mol. The first kappa shape index (κ1) is 8.20. The predicted octanol–water partition coefficient (Wildman–Crippen LogP) is 1.26. The van der Waals surface area contributed by atoms with Crippen LogP contribution < -0.4 is 0 Å². The minimum absolute atomic E-state index is 0.219. The Bertz CT molecular complexity index is 173. The van der Waals surface area contributed by atoms with Crippen LogP contribution in [0.1, 0.15) is 32.1 Å². The minimum Gasteiger partial charge on any atom is -0.350 e. The quantitative estimate of drug-likeness (QED) is 0.556. The van der Waals surface area contributed by atoms with Gasteiger partial charge in [0.05, 0.1) is 6.61 Å². The molecule has 0 radical (unpaired) electrons. The standard InChI is InChI=1S/C9H14O3/c10-7-8-3-5-9(12-8)4-1-2-6-11-9/h7-8H,1-6H2. The molecule has 1 spiro atoms. The summed E-state index contributed by atoms with van der Waals surface area (Å²) in [4.78, 5) is 10.5. The summed E-state index contributed by atoms with van der Waals surface area (Å²) in [5.74, 6) is -0.385. The highest BCUT2D eigenvalue weighted by atomic mass is 16.7. The van der Waals surface area contributed by atoms with Crippen molar-refractivity contribution in [1.82, 2.24) is 0 Å². The summed E-state index contributed by atoms with van der Waals surface area (Å²) in [6.45, 7) is 0.783. The SMILES string of the molecule is O=CC1CCC2(CCCCO2)O1. The van der Waals surface area contributed by atoms with E-state index >= 15 is 0 Å². The zero-order valence-corrected chi connectivity index (χ0v) is 7.12. The van der Waals surface area contributed by atoms with E-state index in [1.165, 1.54) is 0 Å². The van der Waals surface area contributed by atoms with Crippen molar-refractivity contribution in [3.63, 3.8) is 0 Å². The molecule has 0 aliphatic carbocycles. The maximum atomic E-state index is 10.5. The Morgan fingerprint density at radius 1 is 1.33 bits per heavy atom. The fraction of sp³-hybridized carbons (Fsp3) is 0.889. The van der Waals surface area contributed by atoms with E-state index < -0.39 is 0 Å². The third-order valence-corrected chi connectivity index (χ3v) is 2.64. The van der Waals surface area contributed by atoms with Crippen LogP contribution in [0.3, 0.4) is 0 Å². The number of hydrogen-bond donors (Lipinski definition) is 0. The number of aldehydes is 1. The van der Waals surface area contributed by atoms with Crippen molar-refractivity contribution in [2.75, 3.05) is 6.61 Å². The van der Waals surface area contributed by atoms with E-state index in [-0.39, 0.29) is 11.9 Å². The van der Waals surface area contributed by atoms with Crippen LogP contribution in [0.4, 0.5) is 0 Å². The van der Waals surface area contributed by atoms with Crippen molar-refractivity contribution in [2.24, 2.45) is 0 Å². The van der Waals surface area contributed by atoms with Gasteiger partial charge in [-0.05, 0) is 19.3 Å². The molecule has 0 aromatic rings. The molecule has 2 saturated heterocycles. The highest BCUT2D eigenvalue weighted by molar-refractivity contribution is 5.56. The maximum absolute atomic E-state index is 10.5. The van der Waals surface area contributed by atoms with Gasteiger partial charge in [0.15, 0.2) is 5.79 Å². The third kappa shape index (κ3) is 1.39. The first-order valence-electron chi connectivity index (χ1n) is 4.62. The fourth-order valence-electron chi connectivity index (χ4n) is 1.97. The molecule has 68 valence electrons. The van der Waals surface area contributed by atoms with E-state index in [0.717, 1.165) is 45.0 Å². The molecule has 3 heteroatoms. The molecule has 2 heterocycles. The zero-order valence-electron chi connectivity index (χ0n) is 7.12. The largest absolute Gasteiger partial charge is 0.350 e. The first-order valence-corrected chi connectivity index (χ1v) is 4.62. The summed E-state index contributed by atoms with van der Waals surface area (Å²) < 4.78 is 11.1. The summed E-state index contributed by atoms with van der Waals surface area (Å²) in [5.41, 5.74) is 0. The summed E-state index contributed by atoms with van der Waals surface area (Å²) in [5, 5.41) is 0. The lowest BCUT2D eigenvalue weighted by molar-refractivity contribution is -0.240. The number of carbonyl (C=O) groups is 1. The van der Waals surface area contributed by atoms with Gasteiger partial charge >= 0.3 is 0 Å². The Kier molecular flexibility index (Phi) is 2.15. The van der Waals surface area contributed by atoms with Crippen molar-refractivity contribution < 1.29 is 14.3 Å². The highest BCUT2D eigenvalue weighted by Crippen LogP contribution is 2.37. The summed E-state index contributed by atoms with van der Waals surface area (Å²) in [6, 6.07) is 0. The van der Waals surface area contributed by atoms with Gasteiger partial charge in [0.2, 0.25) is 0 Å². The van der Waals surface area contributed by atoms with Gasteiger partial charge in [-0.25, -0.2) is 0 Å². The molecule has 0 saturated carbocycles. The minimum atomic E-state index is -0.385. The topological polar surface area (TPSA) is 35.5 Å². The Morgan fingerprint density at radius 3 is 2.83 bits per heavy atom. The molecule has 2 aliphatic heterocycles. The van der Waals surface area contributed by atoms with Crippen LogP contribution in [-0.2, 0) is 14.3 Å². The third-order valence-electron chi connectivity index (χ3n) is 2.64. The molecular weight excluding hydrogens is 156 g/mol. The molecular formula is C9H14O3. The second kappa shape index (κ2) is 3.15. The van der Waals surface area contributed by atoms with E-state index in [4.69, 9.17) is 9.47 Å². The van der Waals surface area contributed by atoms with Crippen LogP contribution >= 0.6 is 0 Å². The number of hydrogen-bond acceptors (Lipinski definition) is 3. The highest BCUT2D eigenvalue weighted by Gasteiger charge is 2.42. The lowest BCUT2D eigenvalue weighted by Crippen LogP contribution is -2.36. The van der Waals surface area contributed by atoms with Crippen molar-refractivity contribution in [3.05, 3.63) is 0 Å². The molecule has 3 nitrogen and oxygen atoms in total. The van der Waals surface area contributed by atoms with Gasteiger partial charge in [0, 0.05) is 12.8 Å². The fourth-order valence-corrected chi connectivity index (χ4v) is 1.97. The van der Waals surface area contributed by atoms with Gasteiger partial charge in [0.1, 0.15) is 12.4 Å². The average molecular weight is 170 g/mol. The van der Waals surface area contributed by atoms with Crippen LogP contribution in [0.25, 0.3) is 0 Å². The van der Waals surface area contributed by atoms with Crippen molar-refractivity contribution in [3.8, 4) is 0 Å². The molecule has 2 unspecified atom stereocenters. The Labute approximate surface area is 72.0 Å². The van der Waals surface area contributed by atoms with E-state index in [0.29, 0.717) is 0 Å². The molecule has 12 heavy (non-hydrogen) atoms. The second-order valence-electron chi connectivity index (χ2n) is 3.55. The van der Waals surface area contributed by atoms with Crippen molar-refractivity contribution >= 4 is 6.29 Å². The lowest BCUT2D eigenvalue weighted by atomic mass is 10.0. The molecule has 0 aromatic carbocycles.